The maximum atomic E-state index is 13.3. The Bertz CT molecular complexity index is 1190. The van der Waals surface area contributed by atoms with Crippen molar-refractivity contribution in [2.75, 3.05) is 13.7 Å². The molecule has 0 unspecified atom stereocenters. The number of fused-ring (bicyclic) bond motifs is 1. The van der Waals surface area contributed by atoms with Gasteiger partial charge in [0.2, 0.25) is 10.0 Å². The number of carbonyl (C=O) groups excluding carboxylic acids is 1. The van der Waals surface area contributed by atoms with Crippen LogP contribution in [0, 0.1) is 12.8 Å². The largest absolute Gasteiger partial charge is 0.460 e. The van der Waals surface area contributed by atoms with Crippen LogP contribution >= 0.6 is 0 Å². The molecule has 0 amide bonds. The second-order valence-corrected chi connectivity index (χ2v) is 10.4. The summed E-state index contributed by atoms with van der Waals surface area (Å²) < 4.78 is 32.8. The van der Waals surface area contributed by atoms with E-state index in [1.165, 1.54) is 13.1 Å². The van der Waals surface area contributed by atoms with E-state index in [-0.39, 0.29) is 17.4 Å². The Balaban J connectivity index is 1.81. The molecule has 1 N–H and O–H groups in total. The van der Waals surface area contributed by atoms with Gasteiger partial charge >= 0.3 is 5.97 Å². The smallest absolute Gasteiger partial charge is 0.324 e. The van der Waals surface area contributed by atoms with Gasteiger partial charge in [0.05, 0.1) is 10.6 Å². The Morgan fingerprint density at radius 3 is 2.55 bits per heavy atom. The summed E-state index contributed by atoms with van der Waals surface area (Å²) in [6, 6.07) is 7.61. The molecule has 1 aromatic rings. The zero-order valence-electron chi connectivity index (χ0n) is 19.4. The maximum absolute atomic E-state index is 13.3. The molecule has 0 aliphatic carbocycles. The van der Waals surface area contributed by atoms with Crippen LogP contribution in [0.4, 0.5) is 0 Å². The van der Waals surface area contributed by atoms with Crippen LogP contribution in [0.25, 0.3) is 11.4 Å². The normalized spacial score (nSPS) is 12.9. The number of nitrogens with one attached hydrogen (secondary N) is 1. The zero-order chi connectivity index (χ0) is 24.2. The monoisotopic (exact) mass is 470 g/mol. The molecule has 3 rings (SSSR count). The second kappa shape index (κ2) is 10.3. The van der Waals surface area contributed by atoms with Gasteiger partial charge in [0.1, 0.15) is 24.2 Å². The van der Waals surface area contributed by atoms with Crippen molar-refractivity contribution >= 4 is 16.0 Å². The number of aromatic amines is 1. The van der Waals surface area contributed by atoms with Crippen LogP contribution in [-0.2, 0) is 26.0 Å². The Kier molecular flexibility index (Phi) is 7.65. The van der Waals surface area contributed by atoms with Crippen molar-refractivity contribution in [2.45, 2.75) is 44.6 Å². The van der Waals surface area contributed by atoms with E-state index >= 15 is 0 Å². The lowest BCUT2D eigenvalue weighted by molar-refractivity contribution is -0.147. The van der Waals surface area contributed by atoms with Gasteiger partial charge in [-0.15, -0.1) is 0 Å². The number of carbonyl (C=O) groups is 1. The number of esters is 1. The van der Waals surface area contributed by atoms with Crippen molar-refractivity contribution in [1.82, 2.24) is 19.3 Å². The first kappa shape index (κ1) is 24.6. The number of hydrogen-bond donors (Lipinski definition) is 1. The third-order valence-corrected chi connectivity index (χ3v) is 7.19. The molecule has 0 fully saturated rings. The molecule has 1 atom stereocenters. The minimum absolute atomic E-state index is 0.0348. The van der Waals surface area contributed by atoms with Crippen LogP contribution in [-0.4, -0.2) is 53.3 Å². The number of ether oxygens (including phenoxy) is 1. The number of rotatable bonds is 10. The molecule has 8 nitrogen and oxygen atoms in total. The molecule has 2 aliphatic heterocycles. The Morgan fingerprint density at radius 1 is 1.21 bits per heavy atom. The lowest BCUT2D eigenvalue weighted by Gasteiger charge is -2.27. The molecule has 1 aromatic carbocycles. The topological polar surface area (TPSA) is 105 Å². The molecular formula is C24H30N4O4S. The van der Waals surface area contributed by atoms with Crippen LogP contribution < -0.4 is 0 Å². The Labute approximate surface area is 195 Å². The van der Waals surface area contributed by atoms with E-state index in [2.05, 4.69) is 21.5 Å². The van der Waals surface area contributed by atoms with E-state index in [1.807, 2.05) is 33.0 Å². The standard InChI is InChI=1S/C24H30N4O4S/c1-6-13-32-24(29)22(14-16(2)3)28(5)33(30,31)19-9-7-18(8-10-19)15-21-23-20(11-12-25-21)26-17(4)27-23/h6-12,16,22,25H,1,13-15H2,2-5H3/t22-/m1/s1. The second-order valence-electron chi connectivity index (χ2n) is 8.37. The van der Waals surface area contributed by atoms with Crippen LogP contribution in [0.15, 0.2) is 54.1 Å². The third kappa shape index (κ3) is 5.66. The highest BCUT2D eigenvalue weighted by molar-refractivity contribution is 7.89. The number of H-pyrrole nitrogens is 1. The summed E-state index contributed by atoms with van der Waals surface area (Å²) in [5.74, 6) is 0.229. The predicted octanol–water partition coefficient (Wildman–Crippen LogP) is 3.57. The molecule has 9 heteroatoms. The molecule has 33 heavy (non-hydrogen) atoms. The molecule has 0 saturated heterocycles. The lowest BCUT2D eigenvalue weighted by atomic mass is 10.0. The average molecular weight is 471 g/mol. The van der Waals surface area contributed by atoms with E-state index in [0.29, 0.717) is 18.7 Å². The summed E-state index contributed by atoms with van der Waals surface area (Å²) in [6.45, 7) is 9.27. The molecule has 0 aromatic heterocycles. The van der Waals surface area contributed by atoms with E-state index in [4.69, 9.17) is 4.74 Å². The van der Waals surface area contributed by atoms with Gasteiger partial charge in [0.25, 0.3) is 0 Å². The summed E-state index contributed by atoms with van der Waals surface area (Å²) >= 11 is 0. The summed E-state index contributed by atoms with van der Waals surface area (Å²) in [6.07, 6.45) is 4.18. The molecule has 0 spiro atoms. The van der Waals surface area contributed by atoms with Crippen molar-refractivity contribution in [3.8, 4) is 11.4 Å². The van der Waals surface area contributed by atoms with Gasteiger partial charge in [-0.2, -0.15) is 4.31 Å². The number of pyridine rings is 1. The van der Waals surface area contributed by atoms with E-state index in [9.17, 15) is 13.2 Å². The fourth-order valence-corrected chi connectivity index (χ4v) is 4.95. The molecule has 2 aliphatic rings. The van der Waals surface area contributed by atoms with E-state index < -0.39 is 22.0 Å². The first-order chi connectivity index (χ1) is 15.6. The summed E-state index contributed by atoms with van der Waals surface area (Å²) in [7, 11) is -2.48. The number of imidazole rings is 1. The summed E-state index contributed by atoms with van der Waals surface area (Å²) in [5.41, 5.74) is 3.45. The van der Waals surface area contributed by atoms with Gasteiger partial charge in [0, 0.05) is 25.4 Å². The predicted molar refractivity (Wildman–Crippen MR) is 126 cm³/mol. The number of aryl methyl sites for hydroxylation is 1. The highest BCUT2D eigenvalue weighted by Crippen LogP contribution is 2.25. The highest BCUT2D eigenvalue weighted by atomic mass is 32.2. The van der Waals surface area contributed by atoms with Gasteiger partial charge in [0.15, 0.2) is 0 Å². The zero-order valence-corrected chi connectivity index (χ0v) is 20.2. The van der Waals surface area contributed by atoms with Crippen molar-refractivity contribution in [1.29, 1.82) is 0 Å². The van der Waals surface area contributed by atoms with Crippen LogP contribution in [0.3, 0.4) is 0 Å². The molecular weight excluding hydrogens is 440 g/mol. The molecule has 176 valence electrons. The number of benzene rings is 1. The van der Waals surface area contributed by atoms with Gasteiger partial charge in [-0.1, -0.05) is 38.6 Å². The Morgan fingerprint density at radius 2 is 1.91 bits per heavy atom. The van der Waals surface area contributed by atoms with Crippen LogP contribution in [0.1, 0.15) is 37.4 Å². The Hall–Kier alpha value is -3.04. The lowest BCUT2D eigenvalue weighted by Crippen LogP contribution is -2.44. The van der Waals surface area contributed by atoms with E-state index in [0.717, 1.165) is 27.0 Å². The van der Waals surface area contributed by atoms with Crippen molar-refractivity contribution < 1.29 is 17.9 Å². The maximum Gasteiger partial charge on any atom is 0.324 e. The molecule has 0 bridgehead atoms. The van der Waals surface area contributed by atoms with E-state index in [1.54, 1.807) is 24.3 Å². The quantitative estimate of drug-likeness (QED) is 0.359. The van der Waals surface area contributed by atoms with Crippen molar-refractivity contribution in [3.63, 3.8) is 0 Å². The molecule has 0 saturated carbocycles. The highest BCUT2D eigenvalue weighted by Gasteiger charge is 2.34. The number of sulfonamides is 1. The first-order valence-electron chi connectivity index (χ1n) is 10.8. The van der Waals surface area contributed by atoms with Gasteiger partial charge in [-0.25, -0.2) is 18.4 Å². The van der Waals surface area contributed by atoms with Gasteiger partial charge < -0.3 is 9.72 Å². The van der Waals surface area contributed by atoms with Crippen LogP contribution in [0.2, 0.25) is 0 Å². The number of hydrogen-bond acceptors (Lipinski definition) is 6. The van der Waals surface area contributed by atoms with Crippen molar-refractivity contribution in [2.24, 2.45) is 5.92 Å². The van der Waals surface area contributed by atoms with Crippen molar-refractivity contribution in [3.05, 3.63) is 66.3 Å². The minimum atomic E-state index is -3.90. The minimum Gasteiger partial charge on any atom is -0.460 e. The third-order valence-electron chi connectivity index (χ3n) is 5.31. The fraction of sp³-hybridized carbons (Fsp3) is 0.375. The SMILES string of the molecule is C=CCOC(=O)[C@@H](CC(C)C)N(C)S(=O)(=O)c1ccc(Cc2[nH]ccc3nc(C)nc2-3)cc1. The summed E-state index contributed by atoms with van der Waals surface area (Å²) in [5, 5.41) is 0. The fourth-order valence-electron chi connectivity index (χ4n) is 3.63. The van der Waals surface area contributed by atoms with Gasteiger partial charge in [-0.3, -0.25) is 4.79 Å². The number of aromatic nitrogens is 3. The van der Waals surface area contributed by atoms with Gasteiger partial charge in [-0.05, 0) is 43.0 Å². The average Bonchev–Trinajstić information content (AvgIpc) is 3.17. The molecule has 2 heterocycles. The number of nitrogens with zero attached hydrogens (tertiary/aromatic N) is 3. The summed E-state index contributed by atoms with van der Waals surface area (Å²) in [4.78, 5) is 24.7. The van der Waals surface area contributed by atoms with Crippen LogP contribution in [0.5, 0.6) is 0 Å². The first-order valence-corrected chi connectivity index (χ1v) is 12.2. The molecule has 0 radical (unpaired) electrons. The number of likely N-dealkylation sites (N-methyl/N-ethyl adjacent to an activating group) is 1.